The third-order valence-electron chi connectivity index (χ3n) is 4.78. The molecule has 0 aromatic heterocycles. The first-order valence-corrected chi connectivity index (χ1v) is 10.4. The van der Waals surface area contributed by atoms with Crippen LogP contribution in [0.4, 0.5) is 5.69 Å². The van der Waals surface area contributed by atoms with Crippen molar-refractivity contribution < 1.29 is 14.9 Å². The Kier molecular flexibility index (Phi) is 7.67. The van der Waals surface area contributed by atoms with Crippen molar-refractivity contribution in [3.63, 3.8) is 0 Å². The average molecular weight is 437 g/mol. The zero-order valence-electron chi connectivity index (χ0n) is 16.4. The summed E-state index contributed by atoms with van der Waals surface area (Å²) in [6.45, 7) is 6.27. The summed E-state index contributed by atoms with van der Waals surface area (Å²) in [5, 5.41) is 20.5. The van der Waals surface area contributed by atoms with Crippen molar-refractivity contribution in [3.05, 3.63) is 58.1 Å². The Balaban J connectivity index is 1.49. The summed E-state index contributed by atoms with van der Waals surface area (Å²) in [5.74, 6) is 0.443. The van der Waals surface area contributed by atoms with E-state index in [2.05, 4.69) is 15.9 Å². The highest BCUT2D eigenvalue weighted by Crippen LogP contribution is 2.33. The lowest BCUT2D eigenvalue weighted by Gasteiger charge is -2.36. The Hall–Kier alpha value is -1.92. The number of piperazine rings is 1. The van der Waals surface area contributed by atoms with Crippen LogP contribution < -0.4 is 9.64 Å². The van der Waals surface area contributed by atoms with E-state index in [-0.39, 0.29) is 12.4 Å². The summed E-state index contributed by atoms with van der Waals surface area (Å²) in [4.78, 5) is 4.63. The highest BCUT2D eigenvalue weighted by Gasteiger charge is 2.19. The molecule has 1 aliphatic rings. The van der Waals surface area contributed by atoms with E-state index < -0.39 is 6.10 Å². The normalized spacial score (nSPS) is 16.3. The van der Waals surface area contributed by atoms with Crippen molar-refractivity contribution in [3.8, 4) is 11.5 Å². The van der Waals surface area contributed by atoms with E-state index in [9.17, 15) is 10.2 Å². The van der Waals surface area contributed by atoms with Crippen LogP contribution in [0.1, 0.15) is 12.5 Å². The van der Waals surface area contributed by atoms with E-state index in [4.69, 9.17) is 27.9 Å². The van der Waals surface area contributed by atoms with Crippen LogP contribution in [0.5, 0.6) is 11.5 Å². The van der Waals surface area contributed by atoms with Crippen LogP contribution in [-0.2, 0) is 0 Å². The van der Waals surface area contributed by atoms with Crippen LogP contribution in [0.15, 0.2) is 42.5 Å². The molecule has 1 heterocycles. The molecule has 0 saturated carbocycles. The predicted molar refractivity (Wildman–Crippen MR) is 119 cm³/mol. The molecule has 2 N–H and O–H groups in total. The first kappa shape index (κ1) is 21.8. The van der Waals surface area contributed by atoms with E-state index in [1.54, 1.807) is 25.1 Å². The largest absolute Gasteiger partial charge is 0.504 e. The number of aromatic hydroxyl groups is 1. The molecule has 2 aromatic rings. The number of ether oxygens (including phenoxy) is 1. The van der Waals surface area contributed by atoms with E-state index >= 15 is 0 Å². The molecule has 2 aromatic carbocycles. The molecule has 0 radical (unpaired) electrons. The quantitative estimate of drug-likeness (QED) is 0.677. The fourth-order valence-corrected chi connectivity index (χ4v) is 3.63. The van der Waals surface area contributed by atoms with Gasteiger partial charge in [0.1, 0.15) is 6.61 Å². The maximum absolute atomic E-state index is 10.1. The molecule has 1 fully saturated rings. The summed E-state index contributed by atoms with van der Waals surface area (Å²) in [6, 6.07) is 11.0. The highest BCUT2D eigenvalue weighted by atomic mass is 35.5. The van der Waals surface area contributed by atoms with Crippen molar-refractivity contribution in [1.82, 2.24) is 4.90 Å². The molecule has 29 heavy (non-hydrogen) atoms. The summed E-state index contributed by atoms with van der Waals surface area (Å²) in [6.07, 6.45) is 3.50. The van der Waals surface area contributed by atoms with Gasteiger partial charge in [0, 0.05) is 32.7 Å². The van der Waals surface area contributed by atoms with Gasteiger partial charge in [-0.1, -0.05) is 47.5 Å². The van der Waals surface area contributed by atoms with Gasteiger partial charge in [-0.3, -0.25) is 4.90 Å². The van der Waals surface area contributed by atoms with E-state index in [1.165, 1.54) is 0 Å². The average Bonchev–Trinajstić information content (AvgIpc) is 2.70. The lowest BCUT2D eigenvalue weighted by Crippen LogP contribution is -2.46. The van der Waals surface area contributed by atoms with Gasteiger partial charge in [-0.15, -0.1) is 0 Å². The van der Waals surface area contributed by atoms with Gasteiger partial charge < -0.3 is 19.8 Å². The van der Waals surface area contributed by atoms with E-state index in [1.807, 2.05) is 24.3 Å². The first-order chi connectivity index (χ1) is 13.9. The maximum Gasteiger partial charge on any atom is 0.161 e. The number of hydrogen-bond acceptors (Lipinski definition) is 5. The smallest absolute Gasteiger partial charge is 0.161 e. The number of hydrogen-bond donors (Lipinski definition) is 2. The van der Waals surface area contributed by atoms with Crippen LogP contribution in [0.25, 0.3) is 6.08 Å². The minimum Gasteiger partial charge on any atom is -0.504 e. The Morgan fingerprint density at radius 2 is 1.90 bits per heavy atom. The summed E-state index contributed by atoms with van der Waals surface area (Å²) in [5.41, 5.74) is 1.89. The number of anilines is 1. The van der Waals surface area contributed by atoms with Crippen LogP contribution >= 0.6 is 23.2 Å². The van der Waals surface area contributed by atoms with Crippen molar-refractivity contribution in [1.29, 1.82) is 0 Å². The molecule has 1 atom stereocenters. The third kappa shape index (κ3) is 6.03. The monoisotopic (exact) mass is 436 g/mol. The fraction of sp³-hybridized carbons (Fsp3) is 0.364. The van der Waals surface area contributed by atoms with Crippen molar-refractivity contribution >= 4 is 35.0 Å². The SMILES string of the molecule is CC(O)COc1ccc(/C=C/CN2CCN(c3cccc(Cl)c3Cl)CC2)cc1O. The zero-order chi connectivity index (χ0) is 20.8. The Morgan fingerprint density at radius 1 is 1.14 bits per heavy atom. The lowest BCUT2D eigenvalue weighted by molar-refractivity contribution is 0.121. The standard InChI is InChI=1S/C22H26Cl2N2O3/c1-16(27)15-29-21-8-7-17(14-20(21)28)4-3-9-25-10-12-26(13-11-25)19-6-2-5-18(23)22(19)24/h2-8,14,16,27-28H,9-13,15H2,1H3/b4-3+. The van der Waals surface area contributed by atoms with Gasteiger partial charge in [0.05, 0.1) is 21.8 Å². The molecule has 7 heteroatoms. The van der Waals surface area contributed by atoms with Crippen LogP contribution in [0.3, 0.4) is 0 Å². The number of aliphatic hydroxyl groups is 1. The van der Waals surface area contributed by atoms with Crippen molar-refractivity contribution in [2.45, 2.75) is 13.0 Å². The van der Waals surface area contributed by atoms with Gasteiger partial charge in [-0.2, -0.15) is 0 Å². The summed E-state index contributed by atoms with van der Waals surface area (Å²) in [7, 11) is 0. The molecule has 1 saturated heterocycles. The number of rotatable bonds is 7. The van der Waals surface area contributed by atoms with Crippen LogP contribution in [0.2, 0.25) is 10.0 Å². The fourth-order valence-electron chi connectivity index (χ4n) is 3.22. The number of nitrogens with zero attached hydrogens (tertiary/aromatic N) is 2. The number of phenolic OH excluding ortho intramolecular Hbond substituents is 1. The molecule has 0 amide bonds. The number of benzene rings is 2. The lowest BCUT2D eigenvalue weighted by atomic mass is 10.2. The minimum atomic E-state index is -0.579. The third-order valence-corrected chi connectivity index (χ3v) is 5.59. The zero-order valence-corrected chi connectivity index (χ0v) is 17.9. The molecule has 156 valence electrons. The maximum atomic E-state index is 10.1. The van der Waals surface area contributed by atoms with Gasteiger partial charge in [-0.05, 0) is 36.8 Å². The van der Waals surface area contributed by atoms with Crippen LogP contribution in [-0.4, -0.2) is 60.5 Å². The first-order valence-electron chi connectivity index (χ1n) is 9.66. The highest BCUT2D eigenvalue weighted by molar-refractivity contribution is 6.43. The molecule has 0 spiro atoms. The Morgan fingerprint density at radius 3 is 2.59 bits per heavy atom. The molecule has 0 bridgehead atoms. The van der Waals surface area contributed by atoms with E-state index in [0.717, 1.165) is 44.0 Å². The molecule has 1 unspecified atom stereocenters. The van der Waals surface area contributed by atoms with Crippen LogP contribution in [0, 0.1) is 0 Å². The second kappa shape index (κ2) is 10.2. The van der Waals surface area contributed by atoms with Gasteiger partial charge in [0.2, 0.25) is 0 Å². The van der Waals surface area contributed by atoms with Gasteiger partial charge in [0.25, 0.3) is 0 Å². The predicted octanol–water partition coefficient (Wildman–Crippen LogP) is 4.29. The molecular formula is C22H26Cl2N2O3. The number of aliphatic hydroxyl groups excluding tert-OH is 1. The molecular weight excluding hydrogens is 411 g/mol. The minimum absolute atomic E-state index is 0.0693. The molecule has 1 aliphatic heterocycles. The van der Waals surface area contributed by atoms with Gasteiger partial charge >= 0.3 is 0 Å². The Bertz CT molecular complexity index is 850. The van der Waals surface area contributed by atoms with Crippen molar-refractivity contribution in [2.24, 2.45) is 0 Å². The van der Waals surface area contributed by atoms with Gasteiger partial charge in [0.15, 0.2) is 11.5 Å². The second-order valence-electron chi connectivity index (χ2n) is 7.15. The number of phenols is 1. The molecule has 5 nitrogen and oxygen atoms in total. The number of halogens is 2. The topological polar surface area (TPSA) is 56.2 Å². The van der Waals surface area contributed by atoms with E-state index in [0.29, 0.717) is 15.8 Å². The second-order valence-corrected chi connectivity index (χ2v) is 7.94. The Labute approximate surface area is 181 Å². The summed E-state index contributed by atoms with van der Waals surface area (Å²) < 4.78 is 5.36. The summed E-state index contributed by atoms with van der Waals surface area (Å²) >= 11 is 12.5. The molecule has 0 aliphatic carbocycles. The van der Waals surface area contributed by atoms with Crippen molar-refractivity contribution in [2.75, 3.05) is 44.2 Å². The van der Waals surface area contributed by atoms with Gasteiger partial charge in [-0.25, -0.2) is 0 Å². The molecule has 3 rings (SSSR count).